The third-order valence-electron chi connectivity index (χ3n) is 2.92. The maximum atomic E-state index is 10.8. The monoisotopic (exact) mass is 267 g/mol. The van der Waals surface area contributed by atoms with Crippen molar-refractivity contribution in [3.63, 3.8) is 0 Å². The van der Waals surface area contributed by atoms with E-state index in [9.17, 15) is 4.79 Å². The molecule has 20 heavy (non-hydrogen) atoms. The van der Waals surface area contributed by atoms with E-state index in [1.165, 1.54) is 0 Å². The summed E-state index contributed by atoms with van der Waals surface area (Å²) in [5.74, 6) is 0. The maximum absolute atomic E-state index is 10.8. The van der Waals surface area contributed by atoms with E-state index in [4.69, 9.17) is 5.73 Å². The molecule has 0 aliphatic carbocycles. The fourth-order valence-corrected chi connectivity index (χ4v) is 1.98. The van der Waals surface area contributed by atoms with Gasteiger partial charge in [-0.2, -0.15) is 0 Å². The quantitative estimate of drug-likeness (QED) is 0.643. The van der Waals surface area contributed by atoms with Gasteiger partial charge in [0.1, 0.15) is 0 Å². The van der Waals surface area contributed by atoms with Crippen molar-refractivity contribution in [1.29, 1.82) is 0 Å². The van der Waals surface area contributed by atoms with Crippen LogP contribution in [0, 0.1) is 0 Å². The number of aliphatic imine (C=N–C) groups is 1. The van der Waals surface area contributed by atoms with Crippen LogP contribution in [0.3, 0.4) is 0 Å². The smallest absolute Gasteiger partial charge is 0.158 e. The third-order valence-corrected chi connectivity index (χ3v) is 2.92. The largest absolute Gasteiger partial charge is 0.388 e. The van der Waals surface area contributed by atoms with Crippen molar-refractivity contribution in [3.8, 4) is 0 Å². The minimum absolute atomic E-state index is 0.630. The van der Waals surface area contributed by atoms with Gasteiger partial charge < -0.3 is 11.1 Å². The van der Waals surface area contributed by atoms with E-state index in [0.717, 1.165) is 16.8 Å². The molecule has 0 bridgehead atoms. The molecule has 0 saturated heterocycles. The van der Waals surface area contributed by atoms with Gasteiger partial charge in [0.2, 0.25) is 0 Å². The van der Waals surface area contributed by atoms with Crippen molar-refractivity contribution in [2.45, 2.75) is 6.17 Å². The number of nitrogens with two attached hydrogens (primary N) is 1. The molecule has 0 aliphatic heterocycles. The normalized spacial score (nSPS) is 12.8. The number of nitrogens with one attached hydrogen (secondary N) is 1. The number of carbonyl (C=O) groups is 1. The summed E-state index contributed by atoms with van der Waals surface area (Å²) in [7, 11) is 1.85. The zero-order valence-electron chi connectivity index (χ0n) is 11.3. The lowest BCUT2D eigenvalue weighted by molar-refractivity contribution is -0.108. The Morgan fingerprint density at radius 1 is 1.15 bits per heavy atom. The molecule has 0 aliphatic rings. The van der Waals surface area contributed by atoms with Crippen molar-refractivity contribution < 1.29 is 4.79 Å². The summed E-state index contributed by atoms with van der Waals surface area (Å²) < 4.78 is 0. The third kappa shape index (κ3) is 3.10. The van der Waals surface area contributed by atoms with Crippen LogP contribution in [0.5, 0.6) is 0 Å². The Bertz CT molecular complexity index is 608. The lowest BCUT2D eigenvalue weighted by atomic mass is 10.0. The lowest BCUT2D eigenvalue weighted by Crippen LogP contribution is -2.22. The zero-order chi connectivity index (χ0) is 14.4. The highest BCUT2D eigenvalue weighted by Gasteiger charge is 2.12. The number of para-hydroxylation sites is 1. The number of benzene rings is 2. The Kier molecular flexibility index (Phi) is 4.63. The second-order valence-corrected chi connectivity index (χ2v) is 4.27. The fourth-order valence-electron chi connectivity index (χ4n) is 1.98. The topological polar surface area (TPSA) is 67.5 Å². The molecule has 3 N–H and O–H groups in total. The molecular formula is C16H17N3O. The highest BCUT2D eigenvalue weighted by molar-refractivity contribution is 6.16. The molecule has 2 rings (SSSR count). The van der Waals surface area contributed by atoms with E-state index >= 15 is 0 Å². The highest BCUT2D eigenvalue weighted by Crippen LogP contribution is 2.19. The average Bonchev–Trinajstić information content (AvgIpc) is 2.53. The van der Waals surface area contributed by atoms with Crippen LogP contribution in [-0.4, -0.2) is 25.2 Å². The first-order valence-electron chi connectivity index (χ1n) is 6.37. The van der Waals surface area contributed by atoms with Crippen LogP contribution in [0.15, 0.2) is 59.6 Å². The number of anilines is 1. The molecule has 0 spiro atoms. The van der Waals surface area contributed by atoms with Gasteiger partial charge in [0.05, 0.1) is 5.71 Å². The van der Waals surface area contributed by atoms with Crippen LogP contribution in [0.4, 0.5) is 5.69 Å². The van der Waals surface area contributed by atoms with E-state index < -0.39 is 6.17 Å². The van der Waals surface area contributed by atoms with E-state index in [1.807, 2.05) is 61.6 Å². The molecule has 2 aromatic carbocycles. The summed E-state index contributed by atoms with van der Waals surface area (Å²) in [4.78, 5) is 15.1. The SMILES string of the molecule is CNc1ccccc1C(=NC(N)C=O)c1ccccc1. The predicted octanol–water partition coefficient (Wildman–Crippen LogP) is 2.05. The Morgan fingerprint density at radius 2 is 1.80 bits per heavy atom. The van der Waals surface area contributed by atoms with E-state index in [0.29, 0.717) is 12.0 Å². The molecule has 0 fully saturated rings. The Morgan fingerprint density at radius 3 is 2.45 bits per heavy atom. The van der Waals surface area contributed by atoms with Crippen LogP contribution in [-0.2, 0) is 4.79 Å². The number of carbonyl (C=O) groups excluding carboxylic acids is 1. The summed E-state index contributed by atoms with van der Waals surface area (Å²) in [6, 6.07) is 17.5. The number of aldehydes is 1. The average molecular weight is 267 g/mol. The maximum Gasteiger partial charge on any atom is 0.158 e. The van der Waals surface area contributed by atoms with Gasteiger partial charge in [0, 0.05) is 23.9 Å². The number of hydrogen-bond acceptors (Lipinski definition) is 4. The lowest BCUT2D eigenvalue weighted by Gasteiger charge is -2.13. The second kappa shape index (κ2) is 6.63. The molecule has 2 aromatic rings. The van der Waals surface area contributed by atoms with Crippen molar-refractivity contribution in [3.05, 3.63) is 65.7 Å². The molecule has 0 saturated carbocycles. The highest BCUT2D eigenvalue weighted by atomic mass is 16.1. The standard InChI is InChI=1S/C16H17N3O/c1-18-14-10-6-5-9-13(14)16(19-15(17)11-20)12-7-3-2-4-8-12/h2-11,15,18H,17H2,1H3. The van der Waals surface area contributed by atoms with Crippen molar-refractivity contribution in [2.75, 3.05) is 12.4 Å². The summed E-state index contributed by atoms with van der Waals surface area (Å²) in [5.41, 5.74) is 9.14. The van der Waals surface area contributed by atoms with Gasteiger partial charge in [-0.05, 0) is 6.07 Å². The van der Waals surface area contributed by atoms with Crippen LogP contribution < -0.4 is 11.1 Å². The van der Waals surface area contributed by atoms with Gasteiger partial charge >= 0.3 is 0 Å². The minimum Gasteiger partial charge on any atom is -0.388 e. The van der Waals surface area contributed by atoms with Crippen molar-refractivity contribution in [1.82, 2.24) is 0 Å². The Hall–Kier alpha value is -2.46. The van der Waals surface area contributed by atoms with Crippen LogP contribution in [0.2, 0.25) is 0 Å². The molecule has 1 unspecified atom stereocenters. The Labute approximate surface area is 118 Å². The van der Waals surface area contributed by atoms with Crippen LogP contribution in [0.25, 0.3) is 0 Å². The van der Waals surface area contributed by atoms with Crippen LogP contribution >= 0.6 is 0 Å². The van der Waals surface area contributed by atoms with Gasteiger partial charge in [-0.25, -0.2) is 0 Å². The predicted molar refractivity (Wildman–Crippen MR) is 82.1 cm³/mol. The fraction of sp³-hybridized carbons (Fsp3) is 0.125. The van der Waals surface area contributed by atoms with Crippen molar-refractivity contribution >= 4 is 17.7 Å². The van der Waals surface area contributed by atoms with E-state index in [1.54, 1.807) is 0 Å². The molecule has 102 valence electrons. The van der Waals surface area contributed by atoms with Gasteiger partial charge in [-0.15, -0.1) is 0 Å². The summed E-state index contributed by atoms with van der Waals surface area (Å²) >= 11 is 0. The second-order valence-electron chi connectivity index (χ2n) is 4.27. The Balaban J connectivity index is 2.58. The molecule has 4 nitrogen and oxygen atoms in total. The molecule has 0 amide bonds. The molecule has 0 radical (unpaired) electrons. The molecule has 0 aromatic heterocycles. The van der Waals surface area contributed by atoms with Gasteiger partial charge in [0.25, 0.3) is 0 Å². The molecule has 1 atom stereocenters. The van der Waals surface area contributed by atoms with Crippen LogP contribution in [0.1, 0.15) is 11.1 Å². The number of nitrogens with zero attached hydrogens (tertiary/aromatic N) is 1. The zero-order valence-corrected chi connectivity index (χ0v) is 11.3. The summed E-state index contributed by atoms with van der Waals surface area (Å²) in [6.45, 7) is 0. The van der Waals surface area contributed by atoms with Gasteiger partial charge in [0.15, 0.2) is 12.5 Å². The van der Waals surface area contributed by atoms with E-state index in [2.05, 4.69) is 10.3 Å². The number of rotatable bonds is 5. The van der Waals surface area contributed by atoms with E-state index in [-0.39, 0.29) is 0 Å². The van der Waals surface area contributed by atoms with Gasteiger partial charge in [-0.1, -0.05) is 48.5 Å². The first kappa shape index (κ1) is 14.0. The molecule has 0 heterocycles. The summed E-state index contributed by atoms with van der Waals surface area (Å²) in [6.07, 6.45) is -0.236. The first-order chi connectivity index (χ1) is 9.76. The first-order valence-corrected chi connectivity index (χ1v) is 6.37. The van der Waals surface area contributed by atoms with Crippen molar-refractivity contribution in [2.24, 2.45) is 10.7 Å². The molecular weight excluding hydrogens is 250 g/mol. The van der Waals surface area contributed by atoms with Gasteiger partial charge in [-0.3, -0.25) is 9.79 Å². The minimum atomic E-state index is -0.866. The molecule has 4 heteroatoms. The summed E-state index contributed by atoms with van der Waals surface area (Å²) in [5, 5.41) is 3.13. The number of hydrogen-bond donors (Lipinski definition) is 2.